The van der Waals surface area contributed by atoms with E-state index in [1.807, 2.05) is 20.8 Å². The highest BCUT2D eigenvalue weighted by Crippen LogP contribution is 2.33. The van der Waals surface area contributed by atoms with E-state index >= 15 is 0 Å². The van der Waals surface area contributed by atoms with Crippen LogP contribution >= 0.6 is 0 Å². The molecule has 0 bridgehead atoms. The number of aliphatic hydroxyl groups is 1. The maximum atomic E-state index is 11.5. The van der Waals surface area contributed by atoms with Crippen LogP contribution in [0.25, 0.3) is 0 Å². The molecule has 0 spiro atoms. The molecule has 130 valence electrons. The fraction of sp³-hybridized carbons (Fsp3) is 0.941. The molecule has 0 saturated heterocycles. The Hall–Kier alpha value is -0.810. The summed E-state index contributed by atoms with van der Waals surface area (Å²) in [7, 11) is 0. The zero-order valence-electron chi connectivity index (χ0n) is 14.7. The maximum absolute atomic E-state index is 11.5. The van der Waals surface area contributed by atoms with Crippen molar-refractivity contribution in [2.45, 2.75) is 77.4 Å². The third-order valence-electron chi connectivity index (χ3n) is 4.27. The quantitative estimate of drug-likeness (QED) is 0.632. The van der Waals surface area contributed by atoms with Crippen LogP contribution in [0, 0.1) is 5.92 Å². The molecule has 5 nitrogen and oxygen atoms in total. The molecule has 1 saturated carbocycles. The van der Waals surface area contributed by atoms with Gasteiger partial charge in [-0.3, -0.25) is 0 Å². The van der Waals surface area contributed by atoms with Crippen LogP contribution in [0.5, 0.6) is 0 Å². The first-order chi connectivity index (χ1) is 10.2. The normalized spacial score (nSPS) is 25.8. The summed E-state index contributed by atoms with van der Waals surface area (Å²) in [4.78, 5) is 11.5. The second kappa shape index (κ2) is 8.73. The van der Waals surface area contributed by atoms with Gasteiger partial charge in [0.15, 0.2) is 0 Å². The standard InChI is InChI=1S/C17H34N2O3/c1-5-14-7-9-17(21,10-8-14)13-18-11-6-12-19-15(20)22-16(2,3)4/h14,18,21H,5-13H2,1-4H3,(H,19,20). The second-order valence-corrected chi connectivity index (χ2v) is 7.53. The van der Waals surface area contributed by atoms with Gasteiger partial charge >= 0.3 is 6.09 Å². The summed E-state index contributed by atoms with van der Waals surface area (Å²) in [6.45, 7) is 9.79. The number of hydrogen-bond acceptors (Lipinski definition) is 4. The minimum Gasteiger partial charge on any atom is -0.444 e. The minimum absolute atomic E-state index is 0.371. The van der Waals surface area contributed by atoms with Gasteiger partial charge in [-0.2, -0.15) is 0 Å². The predicted molar refractivity (Wildman–Crippen MR) is 88.9 cm³/mol. The molecular weight excluding hydrogens is 280 g/mol. The molecule has 5 heteroatoms. The van der Waals surface area contributed by atoms with Crippen LogP contribution < -0.4 is 10.6 Å². The van der Waals surface area contributed by atoms with E-state index in [1.165, 1.54) is 6.42 Å². The van der Waals surface area contributed by atoms with E-state index < -0.39 is 11.2 Å². The highest BCUT2D eigenvalue weighted by atomic mass is 16.6. The van der Waals surface area contributed by atoms with Crippen molar-refractivity contribution in [1.82, 2.24) is 10.6 Å². The maximum Gasteiger partial charge on any atom is 0.407 e. The Morgan fingerprint density at radius 3 is 2.45 bits per heavy atom. The van der Waals surface area contributed by atoms with Gasteiger partial charge < -0.3 is 20.5 Å². The lowest BCUT2D eigenvalue weighted by atomic mass is 9.78. The van der Waals surface area contributed by atoms with Crippen LogP contribution in [0.1, 0.15) is 66.2 Å². The van der Waals surface area contributed by atoms with Crippen molar-refractivity contribution in [1.29, 1.82) is 0 Å². The summed E-state index contributed by atoms with van der Waals surface area (Å²) < 4.78 is 5.17. The molecule has 3 N–H and O–H groups in total. The molecule has 22 heavy (non-hydrogen) atoms. The Morgan fingerprint density at radius 1 is 1.27 bits per heavy atom. The molecule has 0 aromatic carbocycles. The summed E-state index contributed by atoms with van der Waals surface area (Å²) in [5.41, 5.74) is -0.993. The third kappa shape index (κ3) is 7.99. The summed E-state index contributed by atoms with van der Waals surface area (Å²) in [6.07, 6.45) is 5.74. The number of ether oxygens (including phenoxy) is 1. The van der Waals surface area contributed by atoms with Crippen molar-refractivity contribution < 1.29 is 14.6 Å². The second-order valence-electron chi connectivity index (χ2n) is 7.53. The third-order valence-corrected chi connectivity index (χ3v) is 4.27. The molecule has 0 aromatic rings. The number of carbonyl (C=O) groups is 1. The molecule has 0 atom stereocenters. The SMILES string of the molecule is CCC1CCC(O)(CNCCCNC(=O)OC(C)(C)C)CC1. The topological polar surface area (TPSA) is 70.6 Å². The number of carbonyl (C=O) groups excluding carboxylic acids is 1. The molecule has 1 amide bonds. The molecule has 1 aliphatic carbocycles. The zero-order valence-corrected chi connectivity index (χ0v) is 14.7. The van der Waals surface area contributed by atoms with Crippen molar-refractivity contribution in [3.8, 4) is 0 Å². The Morgan fingerprint density at radius 2 is 1.91 bits per heavy atom. The number of hydrogen-bond donors (Lipinski definition) is 3. The lowest BCUT2D eigenvalue weighted by Crippen LogP contribution is -2.44. The molecule has 0 unspecified atom stereocenters. The molecule has 0 heterocycles. The van der Waals surface area contributed by atoms with Gasteiger partial charge in [0.05, 0.1) is 5.60 Å². The molecule has 1 fully saturated rings. The number of alkyl carbamates (subject to hydrolysis) is 1. The van der Waals surface area contributed by atoms with Gasteiger partial charge in [-0.05, 0) is 65.3 Å². The predicted octanol–water partition coefficient (Wildman–Crippen LogP) is 2.82. The molecule has 0 radical (unpaired) electrons. The highest BCUT2D eigenvalue weighted by molar-refractivity contribution is 5.67. The molecule has 0 aromatic heterocycles. The van der Waals surface area contributed by atoms with E-state index in [2.05, 4.69) is 17.6 Å². The van der Waals surface area contributed by atoms with E-state index in [-0.39, 0.29) is 6.09 Å². The van der Waals surface area contributed by atoms with Gasteiger partial charge in [0.1, 0.15) is 5.60 Å². The van der Waals surface area contributed by atoms with Gasteiger partial charge in [-0.15, -0.1) is 0 Å². The van der Waals surface area contributed by atoms with Gasteiger partial charge in [0, 0.05) is 13.1 Å². The zero-order chi connectivity index (χ0) is 16.6. The Bertz CT molecular complexity index is 331. The lowest BCUT2D eigenvalue weighted by Gasteiger charge is -2.36. The van der Waals surface area contributed by atoms with Crippen molar-refractivity contribution >= 4 is 6.09 Å². The van der Waals surface area contributed by atoms with Crippen LogP contribution in [-0.4, -0.2) is 42.0 Å². The van der Waals surface area contributed by atoms with E-state index in [0.717, 1.165) is 44.6 Å². The first-order valence-electron chi connectivity index (χ1n) is 8.64. The number of rotatable bonds is 7. The Balaban J connectivity index is 2.05. The fourth-order valence-corrected chi connectivity index (χ4v) is 2.84. The average Bonchev–Trinajstić information content (AvgIpc) is 2.41. The molecular formula is C17H34N2O3. The van der Waals surface area contributed by atoms with Crippen LogP contribution in [0.15, 0.2) is 0 Å². The van der Waals surface area contributed by atoms with E-state index in [0.29, 0.717) is 13.1 Å². The molecule has 0 aliphatic heterocycles. The van der Waals surface area contributed by atoms with Gasteiger partial charge in [0.2, 0.25) is 0 Å². The first-order valence-corrected chi connectivity index (χ1v) is 8.64. The van der Waals surface area contributed by atoms with E-state index in [9.17, 15) is 9.90 Å². The van der Waals surface area contributed by atoms with Gasteiger partial charge in [-0.25, -0.2) is 4.79 Å². The van der Waals surface area contributed by atoms with Gasteiger partial charge in [0.25, 0.3) is 0 Å². The van der Waals surface area contributed by atoms with Crippen molar-refractivity contribution in [2.75, 3.05) is 19.6 Å². The van der Waals surface area contributed by atoms with Crippen LogP contribution in [-0.2, 0) is 4.74 Å². The van der Waals surface area contributed by atoms with E-state index in [4.69, 9.17) is 4.74 Å². The van der Waals surface area contributed by atoms with Crippen LogP contribution in [0.3, 0.4) is 0 Å². The van der Waals surface area contributed by atoms with Crippen molar-refractivity contribution in [2.24, 2.45) is 5.92 Å². The average molecular weight is 314 g/mol. The Kier molecular flexibility index (Phi) is 7.63. The summed E-state index contributed by atoms with van der Waals surface area (Å²) in [6, 6.07) is 0. The summed E-state index contributed by atoms with van der Waals surface area (Å²) in [5.74, 6) is 0.790. The van der Waals surface area contributed by atoms with Crippen molar-refractivity contribution in [3.63, 3.8) is 0 Å². The lowest BCUT2D eigenvalue weighted by molar-refractivity contribution is -0.00848. The van der Waals surface area contributed by atoms with Crippen molar-refractivity contribution in [3.05, 3.63) is 0 Å². The van der Waals surface area contributed by atoms with Crippen LogP contribution in [0.4, 0.5) is 4.79 Å². The van der Waals surface area contributed by atoms with E-state index in [1.54, 1.807) is 0 Å². The van der Waals surface area contributed by atoms with Crippen LogP contribution in [0.2, 0.25) is 0 Å². The molecule has 1 rings (SSSR count). The highest BCUT2D eigenvalue weighted by Gasteiger charge is 2.31. The summed E-state index contributed by atoms with van der Waals surface area (Å²) >= 11 is 0. The summed E-state index contributed by atoms with van der Waals surface area (Å²) in [5, 5.41) is 16.5. The fourth-order valence-electron chi connectivity index (χ4n) is 2.84. The molecule has 1 aliphatic rings. The van der Waals surface area contributed by atoms with Gasteiger partial charge in [-0.1, -0.05) is 13.3 Å². The number of amides is 1. The number of nitrogens with one attached hydrogen (secondary N) is 2. The minimum atomic E-state index is -0.537. The smallest absolute Gasteiger partial charge is 0.407 e. The monoisotopic (exact) mass is 314 g/mol. The Labute approximate surface area is 135 Å². The first kappa shape index (κ1) is 19.2. The largest absolute Gasteiger partial charge is 0.444 e.